The zero-order valence-electron chi connectivity index (χ0n) is 15.5. The van der Waals surface area contributed by atoms with Gasteiger partial charge in [-0.1, -0.05) is 41.4 Å². The fourth-order valence-electron chi connectivity index (χ4n) is 2.62. The van der Waals surface area contributed by atoms with E-state index in [0.717, 1.165) is 11.3 Å². The molecule has 1 amide bonds. The molecule has 0 unspecified atom stereocenters. The summed E-state index contributed by atoms with van der Waals surface area (Å²) in [6.45, 7) is 1.84. The average Bonchev–Trinajstić information content (AvgIpc) is 2.69. The van der Waals surface area contributed by atoms with Gasteiger partial charge in [-0.15, -0.1) is 0 Å². The van der Waals surface area contributed by atoms with Gasteiger partial charge in [0.05, 0.1) is 10.6 Å². The highest BCUT2D eigenvalue weighted by molar-refractivity contribution is 6.34. The van der Waals surface area contributed by atoms with Gasteiger partial charge in [0.2, 0.25) is 0 Å². The van der Waals surface area contributed by atoms with Crippen LogP contribution in [0.1, 0.15) is 22.8 Å². The monoisotopic (exact) mass is 428 g/mol. The molecule has 0 aliphatic rings. The first-order chi connectivity index (χ1) is 13.9. The van der Waals surface area contributed by atoms with Crippen LogP contribution in [-0.2, 0) is 11.3 Å². The van der Waals surface area contributed by atoms with Gasteiger partial charge in [-0.05, 0) is 54.1 Å². The van der Waals surface area contributed by atoms with Gasteiger partial charge in [0.1, 0.15) is 5.75 Å². The Bertz CT molecular complexity index is 1040. The van der Waals surface area contributed by atoms with Crippen LogP contribution >= 0.6 is 23.2 Å². The van der Waals surface area contributed by atoms with E-state index >= 15 is 0 Å². The lowest BCUT2D eigenvalue weighted by atomic mass is 10.1. The van der Waals surface area contributed by atoms with Crippen LogP contribution in [0.2, 0.25) is 10.0 Å². The van der Waals surface area contributed by atoms with Crippen LogP contribution < -0.4 is 15.4 Å². The summed E-state index contributed by atoms with van der Waals surface area (Å²) in [5, 5.41) is 7.03. The summed E-state index contributed by atoms with van der Waals surface area (Å²) in [5.74, 6) is -0.356. The molecule has 0 bridgehead atoms. The highest BCUT2D eigenvalue weighted by Gasteiger charge is 2.12. The van der Waals surface area contributed by atoms with Gasteiger partial charge in [0.25, 0.3) is 5.91 Å². The van der Waals surface area contributed by atoms with Crippen molar-refractivity contribution in [2.24, 2.45) is 0 Å². The zero-order chi connectivity index (χ0) is 20.8. The van der Waals surface area contributed by atoms with Gasteiger partial charge in [-0.2, -0.15) is 0 Å². The van der Waals surface area contributed by atoms with Crippen molar-refractivity contribution in [2.75, 3.05) is 10.6 Å². The van der Waals surface area contributed by atoms with Gasteiger partial charge < -0.3 is 15.4 Å². The fraction of sp³-hybridized carbons (Fsp3) is 0.0909. The molecule has 0 fully saturated rings. The third-order valence-corrected chi connectivity index (χ3v) is 4.72. The number of ether oxygens (including phenoxy) is 1. The standard InChI is InChI=1S/C22H18Cl2N2O3/c1-14(27)29-18-9-6-16(7-10-18)26-22(28)19-12-17(8-11-21(19)24)25-13-15-4-2-3-5-20(15)23/h2-12,25H,13H2,1H3,(H,26,28). The van der Waals surface area contributed by atoms with E-state index in [1.165, 1.54) is 6.92 Å². The second kappa shape index (κ2) is 9.45. The normalized spacial score (nSPS) is 10.3. The van der Waals surface area contributed by atoms with Crippen molar-refractivity contribution in [1.29, 1.82) is 0 Å². The van der Waals surface area contributed by atoms with Gasteiger partial charge >= 0.3 is 5.97 Å². The molecule has 0 aliphatic heterocycles. The van der Waals surface area contributed by atoms with E-state index < -0.39 is 5.97 Å². The predicted molar refractivity (Wildman–Crippen MR) is 116 cm³/mol. The molecule has 0 heterocycles. The number of carbonyl (C=O) groups excluding carboxylic acids is 2. The largest absolute Gasteiger partial charge is 0.427 e. The third kappa shape index (κ3) is 5.73. The molecule has 0 saturated heterocycles. The van der Waals surface area contributed by atoms with Crippen molar-refractivity contribution < 1.29 is 14.3 Å². The number of hydrogen-bond donors (Lipinski definition) is 2. The summed E-state index contributed by atoms with van der Waals surface area (Å²) in [4.78, 5) is 23.6. The first-order valence-corrected chi connectivity index (χ1v) is 9.54. The molecule has 7 heteroatoms. The number of halogens is 2. The second-order valence-corrected chi connectivity index (χ2v) is 7.03. The summed E-state index contributed by atoms with van der Waals surface area (Å²) in [6.07, 6.45) is 0. The predicted octanol–water partition coefficient (Wildman–Crippen LogP) is 5.78. The minimum Gasteiger partial charge on any atom is -0.427 e. The smallest absolute Gasteiger partial charge is 0.308 e. The number of rotatable bonds is 6. The van der Waals surface area contributed by atoms with Crippen molar-refractivity contribution in [1.82, 2.24) is 0 Å². The Kier molecular flexibility index (Phi) is 6.75. The second-order valence-electron chi connectivity index (χ2n) is 6.21. The molecule has 2 N–H and O–H groups in total. The molecular formula is C22H18Cl2N2O3. The van der Waals surface area contributed by atoms with Crippen molar-refractivity contribution in [3.05, 3.63) is 87.9 Å². The summed E-state index contributed by atoms with van der Waals surface area (Å²) in [7, 11) is 0. The highest BCUT2D eigenvalue weighted by Crippen LogP contribution is 2.24. The topological polar surface area (TPSA) is 67.4 Å². The Morgan fingerprint density at radius 1 is 0.897 bits per heavy atom. The third-order valence-electron chi connectivity index (χ3n) is 4.03. The summed E-state index contributed by atoms with van der Waals surface area (Å²) >= 11 is 12.4. The Balaban J connectivity index is 1.69. The lowest BCUT2D eigenvalue weighted by molar-refractivity contribution is -0.131. The molecule has 0 aromatic heterocycles. The van der Waals surface area contributed by atoms with Crippen molar-refractivity contribution in [3.63, 3.8) is 0 Å². The van der Waals surface area contributed by atoms with E-state index in [1.54, 1.807) is 42.5 Å². The number of hydrogen-bond acceptors (Lipinski definition) is 4. The average molecular weight is 429 g/mol. The quantitative estimate of drug-likeness (QED) is 0.385. The van der Waals surface area contributed by atoms with Crippen molar-refractivity contribution in [2.45, 2.75) is 13.5 Å². The number of nitrogens with one attached hydrogen (secondary N) is 2. The summed E-state index contributed by atoms with van der Waals surface area (Å²) in [6, 6.07) is 19.2. The number of esters is 1. The Hall–Kier alpha value is -3.02. The van der Waals surface area contributed by atoms with Crippen LogP contribution in [0.3, 0.4) is 0 Å². The Morgan fingerprint density at radius 3 is 2.28 bits per heavy atom. The Labute approximate surface area is 178 Å². The molecule has 0 spiro atoms. The maximum absolute atomic E-state index is 12.6. The van der Waals surface area contributed by atoms with E-state index in [-0.39, 0.29) is 5.91 Å². The minimum atomic E-state index is -0.408. The van der Waals surface area contributed by atoms with E-state index in [2.05, 4.69) is 10.6 Å². The van der Waals surface area contributed by atoms with E-state index in [4.69, 9.17) is 27.9 Å². The SMILES string of the molecule is CC(=O)Oc1ccc(NC(=O)c2cc(NCc3ccccc3Cl)ccc2Cl)cc1. The number of carbonyl (C=O) groups is 2. The lowest BCUT2D eigenvalue weighted by Gasteiger charge is -2.12. The lowest BCUT2D eigenvalue weighted by Crippen LogP contribution is -2.13. The molecule has 29 heavy (non-hydrogen) atoms. The van der Waals surface area contributed by atoms with Crippen LogP contribution in [0.25, 0.3) is 0 Å². The Morgan fingerprint density at radius 2 is 1.59 bits per heavy atom. The number of amides is 1. The number of anilines is 2. The molecular weight excluding hydrogens is 411 g/mol. The molecule has 0 saturated carbocycles. The molecule has 3 aromatic carbocycles. The van der Waals surface area contributed by atoms with Gasteiger partial charge in [0.15, 0.2) is 0 Å². The highest BCUT2D eigenvalue weighted by atomic mass is 35.5. The van der Waals surface area contributed by atoms with Gasteiger partial charge in [0, 0.05) is 29.9 Å². The van der Waals surface area contributed by atoms with E-state index in [0.29, 0.717) is 33.6 Å². The molecule has 148 valence electrons. The van der Waals surface area contributed by atoms with Crippen LogP contribution in [0.15, 0.2) is 66.7 Å². The zero-order valence-corrected chi connectivity index (χ0v) is 17.1. The van der Waals surface area contributed by atoms with Crippen LogP contribution in [0.5, 0.6) is 5.75 Å². The van der Waals surface area contributed by atoms with Crippen LogP contribution in [0.4, 0.5) is 11.4 Å². The molecule has 5 nitrogen and oxygen atoms in total. The van der Waals surface area contributed by atoms with Gasteiger partial charge in [-0.3, -0.25) is 9.59 Å². The fourth-order valence-corrected chi connectivity index (χ4v) is 3.02. The molecule has 3 rings (SSSR count). The van der Waals surface area contributed by atoms with E-state index in [9.17, 15) is 9.59 Å². The van der Waals surface area contributed by atoms with Gasteiger partial charge in [-0.25, -0.2) is 0 Å². The van der Waals surface area contributed by atoms with Crippen molar-refractivity contribution >= 4 is 46.5 Å². The van der Waals surface area contributed by atoms with Crippen molar-refractivity contribution in [3.8, 4) is 5.75 Å². The minimum absolute atomic E-state index is 0.333. The molecule has 0 aliphatic carbocycles. The molecule has 0 atom stereocenters. The van der Waals surface area contributed by atoms with E-state index in [1.807, 2.05) is 24.3 Å². The van der Waals surface area contributed by atoms with Crippen LogP contribution in [-0.4, -0.2) is 11.9 Å². The first-order valence-electron chi connectivity index (χ1n) is 8.79. The van der Waals surface area contributed by atoms with Crippen LogP contribution in [0, 0.1) is 0 Å². The summed E-state index contributed by atoms with van der Waals surface area (Å²) in [5.41, 5.74) is 2.57. The maximum Gasteiger partial charge on any atom is 0.308 e. The molecule has 0 radical (unpaired) electrons. The maximum atomic E-state index is 12.6. The molecule has 3 aromatic rings. The first kappa shape index (κ1) is 20.7. The summed E-state index contributed by atoms with van der Waals surface area (Å²) < 4.78 is 4.98. The number of benzene rings is 3.